The number of aliphatic carboxylic acids is 1. The number of carboxylic acids is 1. The van der Waals surface area contributed by atoms with Crippen molar-refractivity contribution in [1.82, 2.24) is 0 Å². The molecule has 2 bridgehead atoms. The van der Waals surface area contributed by atoms with E-state index in [1.165, 1.54) is 7.11 Å². The molecule has 0 aliphatic heterocycles. The maximum Gasteiger partial charge on any atom is 0.310 e. The number of fused-ring (bicyclic) bond motifs is 2. The molecule has 2 aromatic carbocycles. The molecule has 0 heterocycles. The molecule has 2 aliphatic rings. The molecule has 0 saturated heterocycles. The lowest BCUT2D eigenvalue weighted by Gasteiger charge is -2.21. The summed E-state index contributed by atoms with van der Waals surface area (Å²) in [6, 6.07) is 19.9. The Hall–Kier alpha value is -3.14. The summed E-state index contributed by atoms with van der Waals surface area (Å²) in [5.74, 6) is -3.49. The molecule has 1 N–H and O–H groups in total. The minimum absolute atomic E-state index is 0.265. The summed E-state index contributed by atoms with van der Waals surface area (Å²) in [7, 11) is 1.32. The van der Waals surface area contributed by atoms with Crippen LogP contribution >= 0.6 is 0 Å². The second kappa shape index (κ2) is 6.88. The van der Waals surface area contributed by atoms with E-state index in [0.29, 0.717) is 0 Å². The molecule has 2 aliphatic carbocycles. The first kappa shape index (κ1) is 17.3. The van der Waals surface area contributed by atoms with Crippen molar-refractivity contribution in [2.24, 2.45) is 23.7 Å². The van der Waals surface area contributed by atoms with E-state index in [0.717, 1.165) is 22.3 Å². The van der Waals surface area contributed by atoms with Gasteiger partial charge in [0.25, 0.3) is 0 Å². The van der Waals surface area contributed by atoms with Crippen LogP contribution in [0.4, 0.5) is 0 Å². The number of carboxylic acid groups (broad SMARTS) is 1. The van der Waals surface area contributed by atoms with E-state index in [1.54, 1.807) is 0 Å². The lowest BCUT2D eigenvalue weighted by Crippen LogP contribution is -2.33. The highest BCUT2D eigenvalue weighted by atomic mass is 16.5. The van der Waals surface area contributed by atoms with Gasteiger partial charge in [-0.05, 0) is 22.3 Å². The van der Waals surface area contributed by atoms with E-state index in [2.05, 4.69) is 0 Å². The maximum absolute atomic E-state index is 12.4. The maximum atomic E-state index is 12.4. The largest absolute Gasteiger partial charge is 0.481 e. The van der Waals surface area contributed by atoms with Gasteiger partial charge in [0.15, 0.2) is 0 Å². The first-order valence-corrected chi connectivity index (χ1v) is 8.97. The van der Waals surface area contributed by atoms with Crippen LogP contribution in [0.2, 0.25) is 0 Å². The van der Waals surface area contributed by atoms with Gasteiger partial charge in [0.05, 0.1) is 18.9 Å². The summed E-state index contributed by atoms with van der Waals surface area (Å²) in [6.07, 6.45) is 3.90. The van der Waals surface area contributed by atoms with Crippen LogP contribution in [0.1, 0.15) is 11.1 Å². The van der Waals surface area contributed by atoms with Crippen molar-refractivity contribution >= 4 is 17.5 Å². The number of methoxy groups -OCH3 is 1. The Morgan fingerprint density at radius 3 is 1.74 bits per heavy atom. The normalized spacial score (nSPS) is 25.4. The van der Waals surface area contributed by atoms with Gasteiger partial charge >= 0.3 is 11.9 Å². The van der Waals surface area contributed by atoms with E-state index in [1.807, 2.05) is 72.8 Å². The molecule has 1 fully saturated rings. The number of benzene rings is 2. The summed E-state index contributed by atoms with van der Waals surface area (Å²) in [5, 5.41) is 9.83. The summed E-state index contributed by atoms with van der Waals surface area (Å²) in [5.41, 5.74) is 4.04. The molecule has 4 atom stereocenters. The Kier molecular flexibility index (Phi) is 4.40. The number of hydrogen-bond donors (Lipinski definition) is 1. The third kappa shape index (κ3) is 2.78. The highest BCUT2D eigenvalue weighted by molar-refractivity contribution is 5.90. The standard InChI is InChI=1S/C23H20O4/c1-27-23(26)21-17-13-12-16(20(21)22(24)25)19(17)18(14-8-4-2-5-9-14)15-10-6-3-7-11-15/h2-13,16-17,20-21H,1H3,(H,24,25)/t16-,17+,20-,21+/m0/s1. The zero-order valence-electron chi connectivity index (χ0n) is 14.9. The van der Waals surface area contributed by atoms with Crippen LogP contribution in [0.25, 0.3) is 5.57 Å². The second-order valence-corrected chi connectivity index (χ2v) is 6.91. The number of ether oxygens (including phenoxy) is 1. The average Bonchev–Trinajstić information content (AvgIpc) is 3.25. The molecule has 0 spiro atoms. The van der Waals surface area contributed by atoms with Crippen LogP contribution < -0.4 is 0 Å². The van der Waals surface area contributed by atoms with Crippen LogP contribution in [0.5, 0.6) is 0 Å². The smallest absolute Gasteiger partial charge is 0.310 e. The predicted octanol–water partition coefficient (Wildman–Crippen LogP) is 3.79. The van der Waals surface area contributed by atoms with Crippen LogP contribution in [-0.2, 0) is 14.3 Å². The number of allylic oxidation sites excluding steroid dienone is 3. The van der Waals surface area contributed by atoms with Crippen molar-refractivity contribution in [2.75, 3.05) is 7.11 Å². The molecule has 0 amide bonds. The molecule has 136 valence electrons. The quantitative estimate of drug-likeness (QED) is 0.665. The van der Waals surface area contributed by atoms with Gasteiger partial charge in [0, 0.05) is 11.8 Å². The first-order valence-electron chi connectivity index (χ1n) is 8.97. The van der Waals surface area contributed by atoms with Gasteiger partial charge in [-0.15, -0.1) is 0 Å². The summed E-state index contributed by atoms with van der Waals surface area (Å²) >= 11 is 0. The van der Waals surface area contributed by atoms with Crippen molar-refractivity contribution in [2.45, 2.75) is 0 Å². The van der Waals surface area contributed by atoms with Crippen molar-refractivity contribution in [1.29, 1.82) is 0 Å². The van der Waals surface area contributed by atoms with Gasteiger partial charge in [0.2, 0.25) is 0 Å². The minimum atomic E-state index is -0.958. The number of esters is 1. The van der Waals surface area contributed by atoms with Gasteiger partial charge < -0.3 is 9.84 Å². The molecule has 0 radical (unpaired) electrons. The molecule has 4 heteroatoms. The Bertz CT molecular complexity index is 886. The van der Waals surface area contributed by atoms with Crippen molar-refractivity contribution in [3.63, 3.8) is 0 Å². The van der Waals surface area contributed by atoms with Gasteiger partial charge in [-0.25, -0.2) is 0 Å². The highest BCUT2D eigenvalue weighted by Gasteiger charge is 2.56. The van der Waals surface area contributed by atoms with Crippen LogP contribution in [0, 0.1) is 23.7 Å². The molecule has 27 heavy (non-hydrogen) atoms. The molecule has 4 rings (SSSR count). The van der Waals surface area contributed by atoms with Gasteiger partial charge in [-0.2, -0.15) is 0 Å². The number of hydrogen-bond acceptors (Lipinski definition) is 3. The number of carbonyl (C=O) groups is 2. The first-order chi connectivity index (χ1) is 13.1. The molecule has 0 aromatic heterocycles. The van der Waals surface area contributed by atoms with E-state index >= 15 is 0 Å². The fourth-order valence-electron chi connectivity index (χ4n) is 4.52. The number of carbonyl (C=O) groups excluding carboxylic acids is 1. The van der Waals surface area contributed by atoms with Crippen LogP contribution in [0.3, 0.4) is 0 Å². The Morgan fingerprint density at radius 2 is 1.30 bits per heavy atom. The lowest BCUT2D eigenvalue weighted by atomic mass is 9.83. The fourth-order valence-corrected chi connectivity index (χ4v) is 4.52. The van der Waals surface area contributed by atoms with Gasteiger partial charge in [-0.3, -0.25) is 9.59 Å². The van der Waals surface area contributed by atoms with Crippen molar-refractivity contribution in [3.8, 4) is 0 Å². The van der Waals surface area contributed by atoms with E-state index in [4.69, 9.17) is 4.74 Å². The molecular formula is C23H20O4. The molecule has 1 saturated carbocycles. The molecule has 0 unspecified atom stereocenters. The SMILES string of the molecule is COC(=O)[C@H]1[C@@H](C(=O)O)[C@H]2C=C[C@@H]1C2=C(c1ccccc1)c1ccccc1. The van der Waals surface area contributed by atoms with E-state index in [9.17, 15) is 14.7 Å². The summed E-state index contributed by atoms with van der Waals surface area (Å²) in [6.45, 7) is 0. The summed E-state index contributed by atoms with van der Waals surface area (Å²) in [4.78, 5) is 24.4. The van der Waals surface area contributed by atoms with E-state index in [-0.39, 0.29) is 11.8 Å². The van der Waals surface area contributed by atoms with E-state index < -0.39 is 23.8 Å². The minimum Gasteiger partial charge on any atom is -0.481 e. The predicted molar refractivity (Wildman–Crippen MR) is 102 cm³/mol. The molecular weight excluding hydrogens is 340 g/mol. The zero-order chi connectivity index (χ0) is 19.0. The van der Waals surface area contributed by atoms with Crippen molar-refractivity contribution in [3.05, 3.63) is 89.5 Å². The third-order valence-corrected chi connectivity index (χ3v) is 5.58. The summed E-state index contributed by atoms with van der Waals surface area (Å²) < 4.78 is 4.95. The van der Waals surface area contributed by atoms with Crippen molar-refractivity contribution < 1.29 is 19.4 Å². The second-order valence-electron chi connectivity index (χ2n) is 6.91. The average molecular weight is 360 g/mol. The Morgan fingerprint density at radius 1 is 0.815 bits per heavy atom. The van der Waals surface area contributed by atoms with Gasteiger partial charge in [-0.1, -0.05) is 72.8 Å². The van der Waals surface area contributed by atoms with Crippen LogP contribution in [-0.4, -0.2) is 24.2 Å². The van der Waals surface area contributed by atoms with Gasteiger partial charge in [0.1, 0.15) is 0 Å². The Balaban J connectivity index is 1.96. The zero-order valence-corrected chi connectivity index (χ0v) is 14.9. The molecule has 4 nitrogen and oxygen atoms in total. The topological polar surface area (TPSA) is 63.6 Å². The van der Waals surface area contributed by atoms with Crippen LogP contribution in [0.15, 0.2) is 78.4 Å². The monoisotopic (exact) mass is 360 g/mol. The highest BCUT2D eigenvalue weighted by Crippen LogP contribution is 2.55. The third-order valence-electron chi connectivity index (χ3n) is 5.58. The Labute approximate surface area is 157 Å². The fraction of sp³-hybridized carbons (Fsp3) is 0.217. The lowest BCUT2D eigenvalue weighted by molar-refractivity contribution is -0.156. The molecule has 2 aromatic rings. The number of rotatable bonds is 4.